The molecule has 0 bridgehead atoms. The average molecular weight is 264 g/mol. The molecule has 1 aliphatic carbocycles. The molecule has 0 atom stereocenters. The van der Waals surface area contributed by atoms with Crippen LogP contribution in [-0.2, 0) is 13.6 Å². The van der Waals surface area contributed by atoms with E-state index in [0.29, 0.717) is 0 Å². The Bertz CT molecular complexity index is 405. The van der Waals surface area contributed by atoms with E-state index in [2.05, 4.69) is 36.2 Å². The molecule has 4 nitrogen and oxygen atoms in total. The van der Waals surface area contributed by atoms with Gasteiger partial charge >= 0.3 is 0 Å². The van der Waals surface area contributed by atoms with Gasteiger partial charge in [-0.2, -0.15) is 5.10 Å². The van der Waals surface area contributed by atoms with Crippen LogP contribution in [0, 0.1) is 13.8 Å². The van der Waals surface area contributed by atoms with Crippen molar-refractivity contribution >= 4 is 0 Å². The maximum atomic E-state index is 4.45. The van der Waals surface area contributed by atoms with Crippen LogP contribution in [0.2, 0.25) is 0 Å². The monoisotopic (exact) mass is 264 g/mol. The Kier molecular flexibility index (Phi) is 4.99. The van der Waals surface area contributed by atoms with Crippen molar-refractivity contribution in [3.05, 3.63) is 17.0 Å². The second-order valence-electron chi connectivity index (χ2n) is 5.87. The molecule has 1 aromatic heterocycles. The molecule has 1 N–H and O–H groups in total. The first kappa shape index (κ1) is 14.5. The number of hydrogen-bond acceptors (Lipinski definition) is 3. The van der Waals surface area contributed by atoms with E-state index in [-0.39, 0.29) is 0 Å². The third-order valence-corrected chi connectivity index (χ3v) is 4.55. The summed E-state index contributed by atoms with van der Waals surface area (Å²) < 4.78 is 1.97. The van der Waals surface area contributed by atoms with E-state index in [1.165, 1.54) is 36.9 Å². The predicted molar refractivity (Wildman–Crippen MR) is 79.3 cm³/mol. The molecule has 19 heavy (non-hydrogen) atoms. The van der Waals surface area contributed by atoms with Crippen LogP contribution in [0.15, 0.2) is 0 Å². The zero-order valence-electron chi connectivity index (χ0n) is 12.9. The molecule has 0 saturated heterocycles. The summed E-state index contributed by atoms with van der Waals surface area (Å²) in [5, 5.41) is 8.01. The van der Waals surface area contributed by atoms with Gasteiger partial charge < -0.3 is 10.2 Å². The molecule has 2 rings (SSSR count). The number of hydrogen-bond donors (Lipinski definition) is 1. The molecule has 108 valence electrons. The molecular formula is C15H28N4. The highest BCUT2D eigenvalue weighted by Crippen LogP contribution is 2.21. The Morgan fingerprint density at radius 3 is 2.58 bits per heavy atom. The number of nitrogens with one attached hydrogen (secondary N) is 1. The quantitative estimate of drug-likeness (QED) is 0.798. The lowest BCUT2D eigenvalue weighted by Crippen LogP contribution is -2.35. The summed E-state index contributed by atoms with van der Waals surface area (Å²) in [5.41, 5.74) is 3.77. The van der Waals surface area contributed by atoms with Crippen LogP contribution in [0.25, 0.3) is 0 Å². The van der Waals surface area contributed by atoms with Gasteiger partial charge in [-0.3, -0.25) is 4.68 Å². The molecule has 0 unspecified atom stereocenters. The van der Waals surface area contributed by atoms with Crippen LogP contribution in [0.5, 0.6) is 0 Å². The molecular weight excluding hydrogens is 236 g/mol. The van der Waals surface area contributed by atoms with Crippen molar-refractivity contribution < 1.29 is 0 Å². The number of nitrogens with zero attached hydrogens (tertiary/aromatic N) is 3. The Labute approximate surface area is 117 Å². The molecule has 1 heterocycles. The highest BCUT2D eigenvalue weighted by molar-refractivity contribution is 5.23. The van der Waals surface area contributed by atoms with E-state index < -0.39 is 0 Å². The zero-order valence-corrected chi connectivity index (χ0v) is 12.9. The van der Waals surface area contributed by atoms with Crippen molar-refractivity contribution in [3.63, 3.8) is 0 Å². The topological polar surface area (TPSA) is 33.1 Å². The van der Waals surface area contributed by atoms with E-state index >= 15 is 0 Å². The minimum absolute atomic E-state index is 0.823. The fourth-order valence-corrected chi connectivity index (χ4v) is 3.07. The lowest BCUT2D eigenvalue weighted by Gasteiger charge is -2.24. The number of aryl methyl sites for hydroxylation is 2. The van der Waals surface area contributed by atoms with E-state index in [1.807, 2.05) is 11.7 Å². The van der Waals surface area contributed by atoms with Crippen LogP contribution in [0.1, 0.15) is 42.6 Å². The van der Waals surface area contributed by atoms with E-state index in [9.17, 15) is 0 Å². The summed E-state index contributed by atoms with van der Waals surface area (Å²) in [6.45, 7) is 7.37. The minimum atomic E-state index is 0.823. The molecule has 0 aromatic carbocycles. The van der Waals surface area contributed by atoms with Crippen molar-refractivity contribution in [2.45, 2.75) is 52.1 Å². The SMILES string of the molecule is Cc1nn(C)c(C)c1CNCCN(C)C1CCCC1. The normalized spacial score (nSPS) is 16.7. The van der Waals surface area contributed by atoms with Crippen molar-refractivity contribution in [1.82, 2.24) is 20.0 Å². The highest BCUT2D eigenvalue weighted by Gasteiger charge is 2.18. The van der Waals surface area contributed by atoms with Crippen LogP contribution in [0.3, 0.4) is 0 Å². The molecule has 0 aliphatic heterocycles. The third-order valence-electron chi connectivity index (χ3n) is 4.55. The van der Waals surface area contributed by atoms with Crippen LogP contribution in [-0.4, -0.2) is 40.9 Å². The van der Waals surface area contributed by atoms with Gasteiger partial charge in [0.1, 0.15) is 0 Å². The van der Waals surface area contributed by atoms with Gasteiger partial charge in [-0.15, -0.1) is 0 Å². The first-order valence-electron chi connectivity index (χ1n) is 7.49. The number of aromatic nitrogens is 2. The third kappa shape index (κ3) is 3.57. The van der Waals surface area contributed by atoms with Gasteiger partial charge in [0, 0.05) is 44.0 Å². The molecule has 4 heteroatoms. The maximum absolute atomic E-state index is 4.45. The van der Waals surface area contributed by atoms with Gasteiger partial charge in [0.05, 0.1) is 5.69 Å². The van der Waals surface area contributed by atoms with Crippen LogP contribution < -0.4 is 5.32 Å². The summed E-state index contributed by atoms with van der Waals surface area (Å²) in [5.74, 6) is 0. The number of rotatable bonds is 6. The fraction of sp³-hybridized carbons (Fsp3) is 0.800. The summed E-state index contributed by atoms with van der Waals surface area (Å²) in [6.07, 6.45) is 5.60. The van der Waals surface area contributed by atoms with Gasteiger partial charge in [-0.1, -0.05) is 12.8 Å². The second-order valence-corrected chi connectivity index (χ2v) is 5.87. The van der Waals surface area contributed by atoms with Crippen molar-refractivity contribution in [3.8, 4) is 0 Å². The van der Waals surface area contributed by atoms with Gasteiger partial charge in [0.2, 0.25) is 0 Å². The summed E-state index contributed by atoms with van der Waals surface area (Å²) in [7, 11) is 4.28. The highest BCUT2D eigenvalue weighted by atomic mass is 15.3. The molecule has 0 spiro atoms. The smallest absolute Gasteiger partial charge is 0.0641 e. The number of likely N-dealkylation sites (N-methyl/N-ethyl adjacent to an activating group) is 1. The van der Waals surface area contributed by atoms with Crippen molar-refractivity contribution in [1.29, 1.82) is 0 Å². The Morgan fingerprint density at radius 1 is 1.32 bits per heavy atom. The second kappa shape index (κ2) is 6.53. The molecule has 1 saturated carbocycles. The van der Waals surface area contributed by atoms with Gasteiger partial charge in [-0.05, 0) is 33.7 Å². The Balaban J connectivity index is 1.71. The van der Waals surface area contributed by atoms with E-state index in [0.717, 1.165) is 31.4 Å². The lowest BCUT2D eigenvalue weighted by atomic mass is 10.2. The zero-order chi connectivity index (χ0) is 13.8. The van der Waals surface area contributed by atoms with Gasteiger partial charge in [0.25, 0.3) is 0 Å². The van der Waals surface area contributed by atoms with Crippen LogP contribution in [0.4, 0.5) is 0 Å². The molecule has 1 aliphatic rings. The minimum Gasteiger partial charge on any atom is -0.311 e. The first-order valence-corrected chi connectivity index (χ1v) is 7.49. The first-order chi connectivity index (χ1) is 9.09. The van der Waals surface area contributed by atoms with E-state index in [1.54, 1.807) is 0 Å². The van der Waals surface area contributed by atoms with E-state index in [4.69, 9.17) is 0 Å². The summed E-state index contributed by atoms with van der Waals surface area (Å²) in [6, 6.07) is 0.823. The van der Waals surface area contributed by atoms with Crippen molar-refractivity contribution in [2.75, 3.05) is 20.1 Å². The average Bonchev–Trinajstić information content (AvgIpc) is 2.98. The summed E-state index contributed by atoms with van der Waals surface area (Å²) in [4.78, 5) is 2.52. The largest absolute Gasteiger partial charge is 0.311 e. The molecule has 0 radical (unpaired) electrons. The van der Waals surface area contributed by atoms with Crippen molar-refractivity contribution in [2.24, 2.45) is 7.05 Å². The molecule has 1 fully saturated rings. The fourth-order valence-electron chi connectivity index (χ4n) is 3.07. The maximum Gasteiger partial charge on any atom is 0.0641 e. The Hall–Kier alpha value is -0.870. The predicted octanol–water partition coefficient (Wildman–Crippen LogP) is 2.00. The summed E-state index contributed by atoms with van der Waals surface area (Å²) >= 11 is 0. The molecule has 0 amide bonds. The lowest BCUT2D eigenvalue weighted by molar-refractivity contribution is 0.245. The molecule has 1 aromatic rings. The van der Waals surface area contributed by atoms with Crippen LogP contribution >= 0.6 is 0 Å². The van der Waals surface area contributed by atoms with Gasteiger partial charge in [0.15, 0.2) is 0 Å². The standard InChI is InChI=1S/C15H28N4/c1-12-15(13(2)19(4)17-12)11-16-9-10-18(3)14-7-5-6-8-14/h14,16H,5-11H2,1-4H3. The van der Waals surface area contributed by atoms with Gasteiger partial charge in [-0.25, -0.2) is 0 Å². The Morgan fingerprint density at radius 2 is 2.00 bits per heavy atom.